The van der Waals surface area contributed by atoms with Gasteiger partial charge in [0.2, 0.25) is 17.6 Å². The second kappa shape index (κ2) is 7.65. The molecule has 0 bridgehead atoms. The van der Waals surface area contributed by atoms with Crippen LogP contribution < -0.4 is 5.32 Å². The molecule has 25 heavy (non-hydrogen) atoms. The van der Waals surface area contributed by atoms with E-state index in [2.05, 4.69) is 15.5 Å². The number of rotatable bonds is 6. The topological polar surface area (TPSA) is 68.0 Å². The summed E-state index contributed by atoms with van der Waals surface area (Å²) in [7, 11) is 0. The van der Waals surface area contributed by atoms with Gasteiger partial charge in [0.15, 0.2) is 0 Å². The van der Waals surface area contributed by atoms with Gasteiger partial charge in [-0.3, -0.25) is 4.79 Å². The van der Waals surface area contributed by atoms with Crippen molar-refractivity contribution in [1.29, 1.82) is 0 Å². The maximum absolute atomic E-state index is 13.2. The zero-order valence-electron chi connectivity index (χ0n) is 13.2. The van der Waals surface area contributed by atoms with Crippen LogP contribution in [0.15, 0.2) is 53.1 Å². The molecule has 0 unspecified atom stereocenters. The monoisotopic (exact) mass is 343 g/mol. The summed E-state index contributed by atoms with van der Waals surface area (Å²) in [6.07, 6.45) is 0.448. The molecule has 0 saturated carbocycles. The lowest BCUT2D eigenvalue weighted by molar-refractivity contribution is -0.121. The number of benzene rings is 2. The second-order valence-electron chi connectivity index (χ2n) is 5.43. The van der Waals surface area contributed by atoms with Gasteiger partial charge < -0.3 is 9.84 Å². The average molecular weight is 343 g/mol. The van der Waals surface area contributed by atoms with Crippen LogP contribution in [0.1, 0.15) is 17.9 Å². The predicted molar refractivity (Wildman–Crippen MR) is 86.3 cm³/mol. The fourth-order valence-corrected chi connectivity index (χ4v) is 2.21. The van der Waals surface area contributed by atoms with Crippen LogP contribution in [-0.4, -0.2) is 16.0 Å². The third kappa shape index (κ3) is 4.69. The molecule has 1 N–H and O–H groups in total. The summed E-state index contributed by atoms with van der Waals surface area (Å²) in [6, 6.07) is 11.8. The van der Waals surface area contributed by atoms with Crippen LogP contribution >= 0.6 is 0 Å². The summed E-state index contributed by atoms with van der Waals surface area (Å²) < 4.78 is 31.1. The van der Waals surface area contributed by atoms with Crippen molar-refractivity contribution >= 4 is 5.91 Å². The Hall–Kier alpha value is -3.09. The standard InChI is InChI=1S/C18H15F2N3O2/c19-14-6-4-12(5-7-14)11-21-16(24)8-9-17-22-18(23-25-17)13-2-1-3-15(20)10-13/h1-7,10H,8-9,11H2,(H,21,24). The van der Waals surface area contributed by atoms with Gasteiger partial charge in [0, 0.05) is 24.9 Å². The van der Waals surface area contributed by atoms with Crippen molar-refractivity contribution in [3.63, 3.8) is 0 Å². The van der Waals surface area contributed by atoms with Crippen LogP contribution in [0.2, 0.25) is 0 Å². The predicted octanol–water partition coefficient (Wildman–Crippen LogP) is 3.26. The summed E-state index contributed by atoms with van der Waals surface area (Å²) in [4.78, 5) is 16.0. The van der Waals surface area contributed by atoms with Gasteiger partial charge in [-0.2, -0.15) is 4.98 Å². The van der Waals surface area contributed by atoms with Crippen molar-refractivity contribution in [1.82, 2.24) is 15.5 Å². The summed E-state index contributed by atoms with van der Waals surface area (Å²) in [6.45, 7) is 0.317. The van der Waals surface area contributed by atoms with Gasteiger partial charge in [0.1, 0.15) is 11.6 Å². The van der Waals surface area contributed by atoms with E-state index in [4.69, 9.17) is 4.52 Å². The molecule has 0 aliphatic rings. The molecule has 0 fully saturated rings. The SMILES string of the molecule is O=C(CCc1nc(-c2cccc(F)c2)no1)NCc1ccc(F)cc1. The highest BCUT2D eigenvalue weighted by Gasteiger charge is 2.11. The van der Waals surface area contributed by atoms with Crippen molar-refractivity contribution in [3.05, 3.63) is 71.6 Å². The number of carbonyl (C=O) groups is 1. The van der Waals surface area contributed by atoms with Gasteiger partial charge >= 0.3 is 0 Å². The van der Waals surface area contributed by atoms with Crippen molar-refractivity contribution in [2.24, 2.45) is 0 Å². The van der Waals surface area contributed by atoms with E-state index >= 15 is 0 Å². The number of amides is 1. The average Bonchev–Trinajstić information content (AvgIpc) is 3.08. The first-order valence-corrected chi connectivity index (χ1v) is 7.70. The van der Waals surface area contributed by atoms with Gasteiger partial charge in [0.05, 0.1) is 0 Å². The highest BCUT2D eigenvalue weighted by atomic mass is 19.1. The molecule has 0 radical (unpaired) electrons. The molecule has 5 nitrogen and oxygen atoms in total. The number of nitrogens with one attached hydrogen (secondary N) is 1. The Kier molecular flexibility index (Phi) is 5.13. The first-order valence-electron chi connectivity index (χ1n) is 7.70. The van der Waals surface area contributed by atoms with Crippen LogP contribution in [0, 0.1) is 11.6 Å². The number of hydrogen-bond donors (Lipinski definition) is 1. The van der Waals surface area contributed by atoms with E-state index in [1.165, 1.54) is 24.3 Å². The molecule has 3 rings (SSSR count). The molecule has 1 aromatic heterocycles. The van der Waals surface area contributed by atoms with E-state index < -0.39 is 0 Å². The third-order valence-corrected chi connectivity index (χ3v) is 3.52. The summed E-state index contributed by atoms with van der Waals surface area (Å²) in [5, 5.41) is 6.52. The zero-order chi connectivity index (χ0) is 17.6. The quantitative estimate of drug-likeness (QED) is 0.746. The Morgan fingerprint density at radius 1 is 1.08 bits per heavy atom. The number of hydrogen-bond acceptors (Lipinski definition) is 4. The highest BCUT2D eigenvalue weighted by Crippen LogP contribution is 2.17. The number of aryl methyl sites for hydroxylation is 1. The van der Waals surface area contributed by atoms with Crippen molar-refractivity contribution in [2.45, 2.75) is 19.4 Å². The summed E-state index contributed by atoms with van der Waals surface area (Å²) >= 11 is 0. The molecule has 0 aliphatic heterocycles. The lowest BCUT2D eigenvalue weighted by atomic mass is 10.2. The van der Waals surface area contributed by atoms with Gasteiger partial charge in [0.25, 0.3) is 0 Å². The number of carbonyl (C=O) groups excluding carboxylic acids is 1. The van der Waals surface area contributed by atoms with Gasteiger partial charge in [-0.15, -0.1) is 0 Å². The van der Waals surface area contributed by atoms with E-state index in [-0.39, 0.29) is 36.2 Å². The molecule has 7 heteroatoms. The Morgan fingerprint density at radius 2 is 1.88 bits per heavy atom. The lowest BCUT2D eigenvalue weighted by Crippen LogP contribution is -2.23. The van der Waals surface area contributed by atoms with Crippen LogP contribution in [0.5, 0.6) is 0 Å². The van der Waals surface area contributed by atoms with Crippen LogP contribution in [0.3, 0.4) is 0 Å². The molecule has 2 aromatic carbocycles. The van der Waals surface area contributed by atoms with Crippen molar-refractivity contribution in [3.8, 4) is 11.4 Å². The van der Waals surface area contributed by atoms with E-state index in [1.54, 1.807) is 24.3 Å². The van der Waals surface area contributed by atoms with E-state index in [1.807, 2.05) is 0 Å². The largest absolute Gasteiger partial charge is 0.352 e. The van der Waals surface area contributed by atoms with Crippen LogP contribution in [0.25, 0.3) is 11.4 Å². The van der Waals surface area contributed by atoms with Crippen molar-refractivity contribution in [2.75, 3.05) is 0 Å². The van der Waals surface area contributed by atoms with E-state index in [0.717, 1.165) is 5.56 Å². The first kappa shape index (κ1) is 16.8. The van der Waals surface area contributed by atoms with E-state index in [9.17, 15) is 13.6 Å². The maximum atomic E-state index is 13.2. The first-order chi connectivity index (χ1) is 12.1. The molecule has 0 saturated heterocycles. The highest BCUT2D eigenvalue weighted by molar-refractivity contribution is 5.76. The Balaban J connectivity index is 1.50. The maximum Gasteiger partial charge on any atom is 0.227 e. The van der Waals surface area contributed by atoms with Gasteiger partial charge in [-0.1, -0.05) is 29.4 Å². The number of nitrogens with zero attached hydrogens (tertiary/aromatic N) is 2. The van der Waals surface area contributed by atoms with Crippen LogP contribution in [-0.2, 0) is 17.8 Å². The molecule has 1 amide bonds. The molecule has 0 atom stereocenters. The Bertz CT molecular complexity index is 863. The minimum absolute atomic E-state index is 0.173. The molecule has 0 aliphatic carbocycles. The smallest absolute Gasteiger partial charge is 0.227 e. The van der Waals surface area contributed by atoms with E-state index in [0.29, 0.717) is 18.0 Å². The van der Waals surface area contributed by atoms with Crippen LogP contribution in [0.4, 0.5) is 8.78 Å². The lowest BCUT2D eigenvalue weighted by Gasteiger charge is -2.04. The molecule has 128 valence electrons. The third-order valence-electron chi connectivity index (χ3n) is 3.52. The Morgan fingerprint density at radius 3 is 2.64 bits per heavy atom. The molecular formula is C18H15F2N3O2. The van der Waals surface area contributed by atoms with Gasteiger partial charge in [-0.25, -0.2) is 8.78 Å². The molecule has 3 aromatic rings. The normalized spacial score (nSPS) is 10.6. The second-order valence-corrected chi connectivity index (χ2v) is 5.43. The minimum Gasteiger partial charge on any atom is -0.352 e. The molecular weight excluding hydrogens is 328 g/mol. The zero-order valence-corrected chi connectivity index (χ0v) is 13.2. The van der Waals surface area contributed by atoms with Gasteiger partial charge in [-0.05, 0) is 29.8 Å². The van der Waals surface area contributed by atoms with Crippen molar-refractivity contribution < 1.29 is 18.1 Å². The summed E-state index contributed by atoms with van der Waals surface area (Å²) in [5.41, 5.74) is 1.32. The fraction of sp³-hybridized carbons (Fsp3) is 0.167. The Labute approximate surface area is 142 Å². The minimum atomic E-state index is -0.385. The molecule has 1 heterocycles. The summed E-state index contributed by atoms with van der Waals surface area (Å²) in [5.74, 6) is -0.308. The number of aromatic nitrogens is 2. The fourth-order valence-electron chi connectivity index (χ4n) is 2.21. The number of halogens is 2. The molecule has 0 spiro atoms.